The molecule has 0 spiro atoms. The van der Waals surface area contributed by atoms with Crippen LogP contribution in [-0.2, 0) is 30.6 Å². The molecule has 1 saturated heterocycles. The lowest BCUT2D eigenvalue weighted by Gasteiger charge is -2.33. The van der Waals surface area contributed by atoms with E-state index in [1.807, 2.05) is 51.1 Å². The fraction of sp³-hybridized carbons (Fsp3) is 0.484. The second-order valence-electron chi connectivity index (χ2n) is 12.6. The van der Waals surface area contributed by atoms with Gasteiger partial charge in [-0.25, -0.2) is 24.4 Å². The monoisotopic (exact) mass is 708 g/mol. The van der Waals surface area contributed by atoms with Crippen molar-refractivity contribution in [1.29, 1.82) is 0 Å². The third kappa shape index (κ3) is 7.54. The first-order valence-electron chi connectivity index (χ1n) is 15.0. The highest BCUT2D eigenvalue weighted by atomic mass is 35.5. The van der Waals surface area contributed by atoms with Crippen LogP contribution in [0, 0.1) is 12.3 Å². The summed E-state index contributed by atoms with van der Waals surface area (Å²) in [6.45, 7) is 5.17. The number of esters is 1. The predicted molar refractivity (Wildman–Crippen MR) is 182 cm³/mol. The van der Waals surface area contributed by atoms with E-state index in [1.165, 1.54) is 10.9 Å². The average Bonchev–Trinajstić information content (AvgIpc) is 3.56. The summed E-state index contributed by atoms with van der Waals surface area (Å²) in [6.07, 6.45) is -3.66. The molecule has 0 radical (unpaired) electrons. The fourth-order valence-corrected chi connectivity index (χ4v) is 7.82. The van der Waals surface area contributed by atoms with E-state index in [1.54, 1.807) is 33.0 Å². The number of anilines is 1. The first-order chi connectivity index (χ1) is 22.2. The number of alkyl halides is 2. The summed E-state index contributed by atoms with van der Waals surface area (Å²) in [5.41, 5.74) is -1.31. The van der Waals surface area contributed by atoms with Crippen molar-refractivity contribution in [1.82, 2.24) is 24.6 Å². The van der Waals surface area contributed by atoms with Gasteiger partial charge in [0.25, 0.3) is 0 Å². The van der Waals surface area contributed by atoms with Crippen LogP contribution in [0.4, 0.5) is 10.2 Å². The Morgan fingerprint density at radius 2 is 1.98 bits per heavy atom. The van der Waals surface area contributed by atoms with Gasteiger partial charge in [-0.3, -0.25) is 9.36 Å². The Morgan fingerprint density at radius 1 is 1.26 bits per heavy atom. The van der Waals surface area contributed by atoms with Gasteiger partial charge in [-0.05, 0) is 42.5 Å². The van der Waals surface area contributed by atoms with Crippen LogP contribution in [0.15, 0.2) is 48.8 Å². The molecule has 1 aliphatic heterocycles. The van der Waals surface area contributed by atoms with Crippen molar-refractivity contribution in [2.45, 2.75) is 64.8 Å². The maximum atomic E-state index is 16.0. The van der Waals surface area contributed by atoms with E-state index in [0.29, 0.717) is 28.6 Å². The Morgan fingerprint density at radius 3 is 2.68 bits per heavy atom. The minimum absolute atomic E-state index is 0.184. The van der Waals surface area contributed by atoms with E-state index in [-0.39, 0.29) is 17.9 Å². The maximum Gasteiger partial charge on any atom is 0.323 e. The Balaban J connectivity index is 1.44. The van der Waals surface area contributed by atoms with Gasteiger partial charge in [-0.1, -0.05) is 57.2 Å². The third-order valence-electron chi connectivity index (χ3n) is 7.54. The van der Waals surface area contributed by atoms with Gasteiger partial charge >= 0.3 is 12.6 Å². The van der Waals surface area contributed by atoms with Crippen molar-refractivity contribution in [2.24, 2.45) is 5.41 Å². The number of hydrogen-bond donors (Lipinski definition) is 3. The van der Waals surface area contributed by atoms with Crippen molar-refractivity contribution in [2.75, 3.05) is 31.5 Å². The van der Waals surface area contributed by atoms with Gasteiger partial charge in [0.15, 0.2) is 29.4 Å². The van der Waals surface area contributed by atoms with Crippen molar-refractivity contribution < 1.29 is 32.8 Å². The molecule has 2 aromatic heterocycles. The first kappa shape index (κ1) is 35.3. The molecule has 6 atom stereocenters. The molecule has 1 fully saturated rings. The van der Waals surface area contributed by atoms with Crippen molar-refractivity contribution >= 4 is 63.8 Å². The largest absolute Gasteiger partial charge is 0.464 e. The molecule has 12 nitrogen and oxygen atoms in total. The number of aryl methyl sites for hydroxylation is 1. The number of nitrogens with one attached hydrogen (secondary N) is 2. The predicted octanol–water partition coefficient (Wildman–Crippen LogP) is 5.42. The molecule has 3 N–H and O–H groups in total. The Kier molecular flexibility index (Phi) is 10.4. The number of benzene rings is 2. The number of carbonyl (C=O) groups is 1. The molecule has 0 saturated carbocycles. The number of aromatic nitrogens is 4. The number of aliphatic hydroxyl groups is 1. The molecular weight excluding hydrogens is 670 g/mol. The van der Waals surface area contributed by atoms with E-state index in [0.717, 1.165) is 10.8 Å². The molecule has 47 heavy (non-hydrogen) atoms. The Hall–Kier alpha value is -2.97. The lowest BCUT2D eigenvalue weighted by Crippen LogP contribution is -2.48. The van der Waals surface area contributed by atoms with Gasteiger partial charge in [0, 0.05) is 12.4 Å². The lowest BCUT2D eigenvalue weighted by atomic mass is 9.99. The van der Waals surface area contributed by atoms with Crippen LogP contribution in [0.2, 0.25) is 0 Å². The summed E-state index contributed by atoms with van der Waals surface area (Å²) < 4.78 is 41.6. The van der Waals surface area contributed by atoms with Crippen LogP contribution in [0.5, 0.6) is 5.75 Å². The van der Waals surface area contributed by atoms with Gasteiger partial charge in [0.1, 0.15) is 29.3 Å². The van der Waals surface area contributed by atoms with Crippen LogP contribution in [0.3, 0.4) is 0 Å². The van der Waals surface area contributed by atoms with Crippen LogP contribution in [-0.4, -0.2) is 80.7 Å². The topological polar surface area (TPSA) is 142 Å². The van der Waals surface area contributed by atoms with Crippen molar-refractivity contribution in [3.63, 3.8) is 0 Å². The number of fused-ring (bicyclic) bond motifs is 2. The Bertz CT molecular complexity index is 1800. The number of aliphatic hydroxyl groups excluding tert-OH is 1. The van der Waals surface area contributed by atoms with Crippen LogP contribution in [0.25, 0.3) is 21.9 Å². The SMILES string of the molecule is CNc1nc(C)nc2c1ncn2[C@@H]1O[C@](CCl)(COP(=S)(N[C@@H](C)C(=O)OCC(C)(C)C)Oc2cccc3ccccc23)[C@@H](O)[C@@H]1F. The maximum absolute atomic E-state index is 16.0. The van der Waals surface area contributed by atoms with E-state index in [2.05, 4.69) is 25.4 Å². The lowest BCUT2D eigenvalue weighted by molar-refractivity contribution is -0.148. The Labute approximate surface area is 282 Å². The first-order valence-corrected chi connectivity index (χ1v) is 18.2. The zero-order chi connectivity index (χ0) is 34.1. The zero-order valence-electron chi connectivity index (χ0n) is 26.9. The molecule has 0 bridgehead atoms. The summed E-state index contributed by atoms with van der Waals surface area (Å²) in [7, 11) is 1.69. The second kappa shape index (κ2) is 13.9. The van der Waals surface area contributed by atoms with E-state index >= 15 is 4.39 Å². The average molecular weight is 709 g/mol. The van der Waals surface area contributed by atoms with E-state index in [9.17, 15) is 9.90 Å². The molecular formula is C31H39ClFN6O6PS. The molecule has 0 aliphatic carbocycles. The quantitative estimate of drug-likeness (QED) is 0.0983. The summed E-state index contributed by atoms with van der Waals surface area (Å²) >= 11 is 12.3. The van der Waals surface area contributed by atoms with Gasteiger partial charge in [-0.2, -0.15) is 0 Å². The fourth-order valence-electron chi connectivity index (χ4n) is 5.08. The number of halogens is 2. The summed E-state index contributed by atoms with van der Waals surface area (Å²) in [5, 5.41) is 18.9. The summed E-state index contributed by atoms with van der Waals surface area (Å²) in [4.78, 5) is 26.1. The molecule has 2 aromatic carbocycles. The van der Waals surface area contributed by atoms with Gasteiger partial charge in [0.05, 0.1) is 25.4 Å². The molecule has 5 rings (SSSR count). The summed E-state index contributed by atoms with van der Waals surface area (Å²) in [5.74, 6) is 0.373. The molecule has 4 aromatic rings. The number of imidazole rings is 1. The van der Waals surface area contributed by atoms with Crippen LogP contribution in [0.1, 0.15) is 39.7 Å². The molecule has 1 aliphatic rings. The zero-order valence-corrected chi connectivity index (χ0v) is 29.4. The molecule has 1 unspecified atom stereocenters. The molecule has 0 amide bonds. The van der Waals surface area contributed by atoms with Crippen molar-refractivity contribution in [3.05, 3.63) is 54.6 Å². The molecule has 16 heteroatoms. The van der Waals surface area contributed by atoms with Gasteiger partial charge < -0.3 is 28.9 Å². The minimum Gasteiger partial charge on any atom is -0.464 e. The standard InChI is InChI=1S/C31H39ClFN6O6PS/c1-18(29(41)42-15-30(3,4)5)38-46(47,45-22-13-9-11-20-10-7-8-12-21(20)22)43-16-31(14-32)25(40)23(33)28(44-31)39-17-35-24-26(34-6)36-19(2)37-27(24)39/h7-13,17-18,23,25,28,40H,14-16H2,1-6H3,(H,38,47)(H,34,36,37)/t18-,23-,25-,28+,31+,46?/m0/s1. The van der Waals surface area contributed by atoms with Crippen molar-refractivity contribution in [3.8, 4) is 5.75 Å². The van der Waals surface area contributed by atoms with E-state index in [4.69, 9.17) is 41.9 Å². The van der Waals surface area contributed by atoms with Gasteiger partial charge in [-0.15, -0.1) is 11.6 Å². The highest BCUT2D eigenvalue weighted by molar-refractivity contribution is 8.09. The number of ether oxygens (including phenoxy) is 2. The minimum atomic E-state index is -3.65. The number of nitrogens with zero attached hydrogens (tertiary/aromatic N) is 4. The highest BCUT2D eigenvalue weighted by Gasteiger charge is 2.57. The number of rotatable bonds is 12. The van der Waals surface area contributed by atoms with Crippen LogP contribution < -0.4 is 14.9 Å². The molecule has 3 heterocycles. The highest BCUT2D eigenvalue weighted by Crippen LogP contribution is 2.50. The normalized spacial score (nSPS) is 23.5. The summed E-state index contributed by atoms with van der Waals surface area (Å²) in [6, 6.07) is 12.1. The smallest absolute Gasteiger partial charge is 0.323 e. The number of hydrogen-bond acceptors (Lipinski definition) is 11. The molecule has 254 valence electrons. The van der Waals surface area contributed by atoms with E-state index < -0.39 is 49.4 Å². The van der Waals surface area contributed by atoms with Gasteiger partial charge in [0.2, 0.25) is 0 Å². The van der Waals surface area contributed by atoms with Crippen LogP contribution >= 0.6 is 18.2 Å². The third-order valence-corrected chi connectivity index (χ3v) is 10.5. The number of carbonyl (C=O) groups excluding carboxylic acids is 1. The second-order valence-corrected chi connectivity index (χ2v) is 16.1.